The topological polar surface area (TPSA) is 41.6 Å². The number of anilines is 1. The predicted octanol–water partition coefficient (Wildman–Crippen LogP) is 4.31. The first kappa shape index (κ1) is 19.9. The summed E-state index contributed by atoms with van der Waals surface area (Å²) in [5, 5.41) is 3.51. The molecule has 1 aliphatic heterocycles. The highest BCUT2D eigenvalue weighted by atomic mass is 32.2. The number of nitrogens with one attached hydrogen (secondary N) is 1. The molecule has 0 saturated carbocycles. The van der Waals surface area contributed by atoms with Crippen LogP contribution in [0.2, 0.25) is 0 Å². The van der Waals surface area contributed by atoms with Crippen LogP contribution in [0.3, 0.4) is 0 Å². The fourth-order valence-corrected chi connectivity index (χ4v) is 3.86. The number of carbonyl (C=O) groups is 1. The van der Waals surface area contributed by atoms with Gasteiger partial charge in [0.15, 0.2) is 0 Å². The number of morpholine rings is 1. The largest absolute Gasteiger partial charge is 0.379 e. The van der Waals surface area contributed by atoms with Crippen LogP contribution < -0.4 is 5.32 Å². The molecule has 1 N–H and O–H groups in total. The van der Waals surface area contributed by atoms with Crippen molar-refractivity contribution in [2.24, 2.45) is 0 Å². The molecule has 1 amide bonds. The highest BCUT2D eigenvalue weighted by Gasteiger charge is 2.10. The normalized spacial score (nSPS) is 15.1. The Bertz CT molecular complexity index is 723. The first-order valence-electron chi connectivity index (χ1n) is 9.57. The lowest BCUT2D eigenvalue weighted by Gasteiger charge is -2.26. The molecule has 0 aromatic heterocycles. The summed E-state index contributed by atoms with van der Waals surface area (Å²) in [4.78, 5) is 16.0. The molecule has 4 nitrogen and oxygen atoms in total. The van der Waals surface area contributed by atoms with E-state index in [0.29, 0.717) is 10.8 Å². The number of amides is 1. The molecule has 0 aliphatic carbocycles. The summed E-state index contributed by atoms with van der Waals surface area (Å²) in [6, 6.07) is 15.9. The Kier molecular flexibility index (Phi) is 7.33. The zero-order chi connectivity index (χ0) is 19.1. The third-order valence-corrected chi connectivity index (χ3v) is 5.54. The lowest BCUT2D eigenvalue weighted by Crippen LogP contribution is -2.37. The molecule has 0 radical (unpaired) electrons. The minimum atomic E-state index is -0.0721. The van der Waals surface area contributed by atoms with Gasteiger partial charge in [0.2, 0.25) is 0 Å². The van der Waals surface area contributed by atoms with E-state index in [1.165, 1.54) is 10.5 Å². The Balaban J connectivity index is 1.50. The fourth-order valence-electron chi connectivity index (χ4n) is 3.03. The van der Waals surface area contributed by atoms with Crippen LogP contribution in [0, 0.1) is 0 Å². The van der Waals surface area contributed by atoms with E-state index in [0.717, 1.165) is 45.0 Å². The molecule has 1 heterocycles. The minimum absolute atomic E-state index is 0.0721. The summed E-state index contributed by atoms with van der Waals surface area (Å²) in [5.41, 5.74) is 2.80. The molecule has 2 aromatic carbocycles. The average molecular weight is 385 g/mol. The average Bonchev–Trinajstić information content (AvgIpc) is 2.68. The third-order valence-electron chi connectivity index (χ3n) is 4.52. The monoisotopic (exact) mass is 384 g/mol. The molecule has 0 spiro atoms. The summed E-state index contributed by atoms with van der Waals surface area (Å²) in [6.07, 6.45) is 1.02. The highest BCUT2D eigenvalue weighted by molar-refractivity contribution is 7.99. The van der Waals surface area contributed by atoms with Gasteiger partial charge in [0, 0.05) is 41.0 Å². The number of carbonyl (C=O) groups excluding carboxylic acids is 1. The molecular formula is C22H28N2O2S. The lowest BCUT2D eigenvalue weighted by molar-refractivity contribution is 0.0384. The van der Waals surface area contributed by atoms with E-state index in [4.69, 9.17) is 4.74 Å². The van der Waals surface area contributed by atoms with Crippen molar-refractivity contribution in [2.45, 2.75) is 30.4 Å². The van der Waals surface area contributed by atoms with Gasteiger partial charge in [0.05, 0.1) is 13.2 Å². The quantitative estimate of drug-likeness (QED) is 0.722. The molecule has 1 saturated heterocycles. The summed E-state index contributed by atoms with van der Waals surface area (Å²) in [6.45, 7) is 9.08. The van der Waals surface area contributed by atoms with Gasteiger partial charge in [-0.05, 0) is 48.4 Å². The fraction of sp³-hybridized carbons (Fsp3) is 0.409. The molecule has 2 aromatic rings. The second-order valence-corrected chi connectivity index (χ2v) is 8.70. The first-order chi connectivity index (χ1) is 13.1. The van der Waals surface area contributed by atoms with E-state index >= 15 is 0 Å². The number of nitrogens with zero attached hydrogens (tertiary/aromatic N) is 1. The Morgan fingerprint density at radius 3 is 2.37 bits per heavy atom. The van der Waals surface area contributed by atoms with Crippen molar-refractivity contribution < 1.29 is 9.53 Å². The van der Waals surface area contributed by atoms with Gasteiger partial charge in [-0.3, -0.25) is 9.69 Å². The van der Waals surface area contributed by atoms with Crippen molar-refractivity contribution in [1.82, 2.24) is 4.90 Å². The van der Waals surface area contributed by atoms with Gasteiger partial charge in [-0.2, -0.15) is 0 Å². The predicted molar refractivity (Wildman–Crippen MR) is 113 cm³/mol. The minimum Gasteiger partial charge on any atom is -0.379 e. The van der Waals surface area contributed by atoms with Crippen molar-refractivity contribution in [2.75, 3.05) is 38.2 Å². The van der Waals surface area contributed by atoms with Crippen molar-refractivity contribution >= 4 is 23.4 Å². The Labute approximate surface area is 166 Å². The molecular weight excluding hydrogens is 356 g/mol. The zero-order valence-corrected chi connectivity index (χ0v) is 16.9. The molecule has 0 atom stereocenters. The number of rotatable bonds is 7. The molecule has 1 fully saturated rings. The Morgan fingerprint density at radius 1 is 1.07 bits per heavy atom. The van der Waals surface area contributed by atoms with E-state index in [9.17, 15) is 4.79 Å². The van der Waals surface area contributed by atoms with Crippen LogP contribution >= 0.6 is 11.8 Å². The molecule has 27 heavy (non-hydrogen) atoms. The van der Waals surface area contributed by atoms with E-state index in [1.807, 2.05) is 36.4 Å². The van der Waals surface area contributed by atoms with Gasteiger partial charge in [0.1, 0.15) is 0 Å². The molecule has 1 aliphatic rings. The number of benzene rings is 2. The maximum Gasteiger partial charge on any atom is 0.255 e. The van der Waals surface area contributed by atoms with Gasteiger partial charge < -0.3 is 10.1 Å². The van der Waals surface area contributed by atoms with Gasteiger partial charge in [-0.25, -0.2) is 0 Å². The van der Waals surface area contributed by atoms with Gasteiger partial charge in [0.25, 0.3) is 5.91 Å². The maximum absolute atomic E-state index is 12.4. The van der Waals surface area contributed by atoms with Gasteiger partial charge >= 0.3 is 0 Å². The smallest absolute Gasteiger partial charge is 0.255 e. The number of hydrogen-bond acceptors (Lipinski definition) is 4. The van der Waals surface area contributed by atoms with E-state index in [2.05, 4.69) is 36.2 Å². The van der Waals surface area contributed by atoms with E-state index < -0.39 is 0 Å². The zero-order valence-electron chi connectivity index (χ0n) is 16.1. The maximum atomic E-state index is 12.4. The highest BCUT2D eigenvalue weighted by Crippen LogP contribution is 2.23. The van der Waals surface area contributed by atoms with Crippen molar-refractivity contribution in [3.05, 3.63) is 59.7 Å². The number of hydrogen-bond donors (Lipinski definition) is 1. The van der Waals surface area contributed by atoms with Crippen LogP contribution in [-0.2, 0) is 11.2 Å². The van der Waals surface area contributed by atoms with E-state index in [-0.39, 0.29) is 5.91 Å². The van der Waals surface area contributed by atoms with Crippen LogP contribution in [0.15, 0.2) is 53.4 Å². The van der Waals surface area contributed by atoms with E-state index in [1.54, 1.807) is 11.8 Å². The van der Waals surface area contributed by atoms with Crippen molar-refractivity contribution in [3.8, 4) is 0 Å². The van der Waals surface area contributed by atoms with Crippen molar-refractivity contribution in [3.63, 3.8) is 0 Å². The van der Waals surface area contributed by atoms with Crippen LogP contribution in [0.25, 0.3) is 0 Å². The number of thioether (sulfide) groups is 1. The first-order valence-corrected chi connectivity index (χ1v) is 10.5. The standard InChI is InChI=1S/C22H28N2O2S/c1-17(2)27-21-9-5-19(6-10-21)22(25)23-20-7-3-18(4-8-20)11-12-24-13-15-26-16-14-24/h3-10,17H,11-16H2,1-2H3,(H,23,25). The third kappa shape index (κ3) is 6.38. The van der Waals surface area contributed by atoms with Crippen LogP contribution in [0.4, 0.5) is 5.69 Å². The second kappa shape index (κ2) is 9.93. The van der Waals surface area contributed by atoms with Crippen LogP contribution in [0.5, 0.6) is 0 Å². The molecule has 5 heteroatoms. The Hall–Kier alpha value is -1.82. The van der Waals surface area contributed by atoms with Crippen molar-refractivity contribution in [1.29, 1.82) is 0 Å². The molecule has 0 unspecified atom stereocenters. The Morgan fingerprint density at radius 2 is 1.74 bits per heavy atom. The summed E-state index contributed by atoms with van der Waals surface area (Å²) in [5.74, 6) is -0.0721. The van der Waals surface area contributed by atoms with Gasteiger partial charge in [-0.1, -0.05) is 26.0 Å². The summed E-state index contributed by atoms with van der Waals surface area (Å²) in [7, 11) is 0. The van der Waals surface area contributed by atoms with Gasteiger partial charge in [-0.15, -0.1) is 11.8 Å². The summed E-state index contributed by atoms with van der Waals surface area (Å²) >= 11 is 1.80. The van der Waals surface area contributed by atoms with Crippen LogP contribution in [0.1, 0.15) is 29.8 Å². The summed E-state index contributed by atoms with van der Waals surface area (Å²) < 4.78 is 5.38. The SMILES string of the molecule is CC(C)Sc1ccc(C(=O)Nc2ccc(CCN3CCOCC3)cc2)cc1. The molecule has 144 valence electrons. The van der Waals surface area contributed by atoms with Crippen LogP contribution in [-0.4, -0.2) is 48.9 Å². The molecule has 3 rings (SSSR count). The number of ether oxygens (including phenoxy) is 1. The molecule has 0 bridgehead atoms. The lowest BCUT2D eigenvalue weighted by atomic mass is 10.1. The second-order valence-electron chi connectivity index (χ2n) is 7.05.